The molecule has 1 aromatic carbocycles. The molecular weight excluding hydrogens is 274 g/mol. The minimum absolute atomic E-state index is 0.0301. The summed E-state index contributed by atoms with van der Waals surface area (Å²) in [6, 6.07) is 2.56. The van der Waals surface area contributed by atoms with Gasteiger partial charge in [0.25, 0.3) is 0 Å². The molecule has 1 atom stereocenters. The molecule has 0 aliphatic heterocycles. The summed E-state index contributed by atoms with van der Waals surface area (Å²) in [5, 5.41) is 13.2. The molecule has 20 heavy (non-hydrogen) atoms. The molecule has 0 saturated carbocycles. The Morgan fingerprint density at radius 1 is 1.25 bits per heavy atom. The third-order valence-corrected chi connectivity index (χ3v) is 2.92. The molecular formula is C14H19F4NO. The third-order valence-electron chi connectivity index (χ3n) is 2.92. The number of hydrogen-bond acceptors (Lipinski definition) is 2. The molecule has 0 amide bonds. The highest BCUT2D eigenvalue weighted by Gasteiger charge is 2.36. The average Bonchev–Trinajstić information content (AvgIpc) is 2.26. The van der Waals surface area contributed by atoms with Gasteiger partial charge in [0.15, 0.2) is 0 Å². The number of rotatable bonds is 5. The summed E-state index contributed by atoms with van der Waals surface area (Å²) in [6.07, 6.45) is -4.78. The van der Waals surface area contributed by atoms with Crippen molar-refractivity contribution in [3.8, 4) is 0 Å². The fourth-order valence-electron chi connectivity index (χ4n) is 1.78. The summed E-state index contributed by atoms with van der Waals surface area (Å²) < 4.78 is 51.1. The van der Waals surface area contributed by atoms with Crippen molar-refractivity contribution in [3.63, 3.8) is 0 Å². The number of aliphatic hydroxyl groups is 1. The van der Waals surface area contributed by atoms with Crippen molar-refractivity contribution in [2.45, 2.75) is 32.5 Å². The lowest BCUT2D eigenvalue weighted by Crippen LogP contribution is -2.37. The summed E-state index contributed by atoms with van der Waals surface area (Å²) in [7, 11) is 0. The van der Waals surface area contributed by atoms with Gasteiger partial charge in [-0.2, -0.15) is 13.2 Å². The van der Waals surface area contributed by atoms with Crippen molar-refractivity contribution in [2.75, 3.05) is 13.1 Å². The molecule has 0 saturated heterocycles. The summed E-state index contributed by atoms with van der Waals surface area (Å²) in [4.78, 5) is 0. The van der Waals surface area contributed by atoms with Crippen LogP contribution in [0.15, 0.2) is 18.2 Å². The van der Waals surface area contributed by atoms with Crippen LogP contribution < -0.4 is 5.32 Å². The molecule has 0 aromatic heterocycles. The first-order valence-corrected chi connectivity index (χ1v) is 6.34. The first-order valence-electron chi connectivity index (χ1n) is 6.34. The Morgan fingerprint density at radius 3 is 2.35 bits per heavy atom. The van der Waals surface area contributed by atoms with Crippen LogP contribution in [0.5, 0.6) is 0 Å². The van der Waals surface area contributed by atoms with Crippen LogP contribution >= 0.6 is 0 Å². The molecule has 2 nitrogen and oxygen atoms in total. The third kappa shape index (κ3) is 4.45. The van der Waals surface area contributed by atoms with Crippen molar-refractivity contribution in [1.29, 1.82) is 0 Å². The molecule has 2 N–H and O–H groups in total. The highest BCUT2D eigenvalue weighted by atomic mass is 19.4. The van der Waals surface area contributed by atoms with Crippen molar-refractivity contribution in [3.05, 3.63) is 35.1 Å². The molecule has 0 heterocycles. The van der Waals surface area contributed by atoms with Gasteiger partial charge in [0.05, 0.1) is 11.2 Å². The van der Waals surface area contributed by atoms with Gasteiger partial charge >= 0.3 is 6.18 Å². The normalized spacial score (nSPS) is 15.4. The number of hydrogen-bond donors (Lipinski definition) is 2. The second-order valence-corrected chi connectivity index (χ2v) is 5.49. The molecule has 0 radical (unpaired) electrons. The Morgan fingerprint density at radius 2 is 1.85 bits per heavy atom. The molecule has 0 aliphatic carbocycles. The topological polar surface area (TPSA) is 32.3 Å². The van der Waals surface area contributed by atoms with E-state index < -0.39 is 23.2 Å². The van der Waals surface area contributed by atoms with Gasteiger partial charge in [-0.3, -0.25) is 0 Å². The van der Waals surface area contributed by atoms with Gasteiger partial charge in [0.1, 0.15) is 5.82 Å². The van der Waals surface area contributed by atoms with E-state index in [-0.39, 0.29) is 12.1 Å². The van der Waals surface area contributed by atoms with Gasteiger partial charge in [-0.05, 0) is 37.1 Å². The van der Waals surface area contributed by atoms with Gasteiger partial charge in [-0.15, -0.1) is 0 Å². The molecule has 114 valence electrons. The SMILES string of the molecule is CC(C)CNCC(C)(O)c1ccc(F)c(C(F)(F)F)c1. The molecule has 0 fully saturated rings. The van der Waals surface area contributed by atoms with Crippen molar-refractivity contribution < 1.29 is 22.7 Å². The largest absolute Gasteiger partial charge is 0.419 e. The van der Waals surface area contributed by atoms with E-state index in [0.717, 1.165) is 6.07 Å². The predicted molar refractivity (Wildman–Crippen MR) is 68.7 cm³/mol. The molecule has 0 aliphatic rings. The smallest absolute Gasteiger partial charge is 0.384 e. The molecule has 0 bridgehead atoms. The summed E-state index contributed by atoms with van der Waals surface area (Å²) in [5.41, 5.74) is -2.83. The highest BCUT2D eigenvalue weighted by Crippen LogP contribution is 2.34. The summed E-state index contributed by atoms with van der Waals surface area (Å²) in [6.45, 7) is 6.06. The maximum Gasteiger partial charge on any atom is 0.419 e. The van der Waals surface area contributed by atoms with E-state index >= 15 is 0 Å². The van der Waals surface area contributed by atoms with E-state index in [0.29, 0.717) is 18.5 Å². The van der Waals surface area contributed by atoms with Crippen LogP contribution in [0.25, 0.3) is 0 Å². The average molecular weight is 293 g/mol. The molecule has 6 heteroatoms. The van der Waals surface area contributed by atoms with Crippen LogP contribution in [0, 0.1) is 11.7 Å². The molecule has 1 unspecified atom stereocenters. The van der Waals surface area contributed by atoms with E-state index in [9.17, 15) is 22.7 Å². The monoisotopic (exact) mass is 293 g/mol. The second kappa shape index (κ2) is 6.10. The standard InChI is InChI=1S/C14H19F4NO/c1-9(2)7-19-8-13(3,20)10-4-5-12(15)11(6-10)14(16,17)18/h4-6,9,19-20H,7-8H2,1-3H3. The van der Waals surface area contributed by atoms with Crippen LogP contribution in [0.2, 0.25) is 0 Å². The summed E-state index contributed by atoms with van der Waals surface area (Å²) >= 11 is 0. The first-order chi connectivity index (χ1) is 9.04. The minimum Gasteiger partial charge on any atom is -0.384 e. The van der Waals surface area contributed by atoms with Gasteiger partial charge in [-0.25, -0.2) is 4.39 Å². The Balaban J connectivity index is 2.95. The van der Waals surface area contributed by atoms with E-state index in [1.54, 1.807) is 0 Å². The predicted octanol–water partition coefficient (Wildman–Crippen LogP) is 3.30. The highest BCUT2D eigenvalue weighted by molar-refractivity contribution is 5.31. The zero-order valence-electron chi connectivity index (χ0n) is 11.7. The molecule has 0 spiro atoms. The van der Waals surface area contributed by atoms with E-state index in [2.05, 4.69) is 5.32 Å². The summed E-state index contributed by atoms with van der Waals surface area (Å²) in [5.74, 6) is -0.989. The maximum atomic E-state index is 13.2. The maximum absolute atomic E-state index is 13.2. The van der Waals surface area contributed by atoms with Crippen molar-refractivity contribution in [2.24, 2.45) is 5.92 Å². The zero-order valence-corrected chi connectivity index (χ0v) is 11.7. The number of nitrogens with one attached hydrogen (secondary N) is 1. The van der Waals surface area contributed by atoms with Crippen LogP contribution in [0.3, 0.4) is 0 Å². The lowest BCUT2D eigenvalue weighted by molar-refractivity contribution is -0.140. The van der Waals surface area contributed by atoms with Crippen molar-refractivity contribution in [1.82, 2.24) is 5.32 Å². The second-order valence-electron chi connectivity index (χ2n) is 5.49. The fourth-order valence-corrected chi connectivity index (χ4v) is 1.78. The Labute approximate surface area is 115 Å². The van der Waals surface area contributed by atoms with Gasteiger partial charge < -0.3 is 10.4 Å². The van der Waals surface area contributed by atoms with E-state index in [4.69, 9.17) is 0 Å². The van der Waals surface area contributed by atoms with E-state index in [1.807, 2.05) is 13.8 Å². The van der Waals surface area contributed by atoms with Crippen LogP contribution in [-0.2, 0) is 11.8 Å². The molecule has 1 rings (SSSR count). The Kier molecular flexibility index (Phi) is 5.15. The van der Waals surface area contributed by atoms with Gasteiger partial charge in [0, 0.05) is 6.54 Å². The number of halogens is 4. The quantitative estimate of drug-likeness (QED) is 0.816. The zero-order chi connectivity index (χ0) is 15.6. The van der Waals surface area contributed by atoms with Crippen LogP contribution in [0.1, 0.15) is 31.9 Å². The molecule has 1 aromatic rings. The Bertz CT molecular complexity index is 455. The van der Waals surface area contributed by atoms with E-state index in [1.165, 1.54) is 13.0 Å². The number of benzene rings is 1. The lowest BCUT2D eigenvalue weighted by Gasteiger charge is -2.26. The lowest BCUT2D eigenvalue weighted by atomic mass is 9.94. The van der Waals surface area contributed by atoms with Crippen LogP contribution in [-0.4, -0.2) is 18.2 Å². The van der Waals surface area contributed by atoms with Crippen molar-refractivity contribution >= 4 is 0 Å². The Hall–Kier alpha value is -1.14. The minimum atomic E-state index is -4.78. The number of alkyl halides is 3. The van der Waals surface area contributed by atoms with Gasteiger partial charge in [-0.1, -0.05) is 19.9 Å². The van der Waals surface area contributed by atoms with Crippen LogP contribution in [0.4, 0.5) is 17.6 Å². The fraction of sp³-hybridized carbons (Fsp3) is 0.571. The van der Waals surface area contributed by atoms with Gasteiger partial charge in [0.2, 0.25) is 0 Å². The first kappa shape index (κ1) is 16.9.